The van der Waals surface area contributed by atoms with Crippen molar-refractivity contribution in [2.75, 3.05) is 0 Å². The predicted octanol–water partition coefficient (Wildman–Crippen LogP) is 2.32. The number of aliphatic carboxylic acids is 1. The predicted molar refractivity (Wildman–Crippen MR) is 87.6 cm³/mol. The molecule has 0 spiro atoms. The average Bonchev–Trinajstić information content (AvgIpc) is 2.88. The van der Waals surface area contributed by atoms with E-state index in [9.17, 15) is 14.7 Å². The smallest absolute Gasteiger partial charge is 0.329 e. The number of benzene rings is 1. The van der Waals surface area contributed by atoms with Crippen molar-refractivity contribution >= 4 is 27.8 Å². The summed E-state index contributed by atoms with van der Waals surface area (Å²) in [5.74, 6) is -1.65. The van der Waals surface area contributed by atoms with Gasteiger partial charge in [0.2, 0.25) is 0 Å². The number of hydrogen-bond acceptors (Lipinski definition) is 4. The first kappa shape index (κ1) is 17.1. The number of carbonyl (C=O) groups is 2. The first-order chi connectivity index (χ1) is 10.8. The maximum Gasteiger partial charge on any atom is 0.329 e. The van der Waals surface area contributed by atoms with Crippen LogP contribution in [-0.4, -0.2) is 37.5 Å². The fourth-order valence-electron chi connectivity index (χ4n) is 1.99. The Hall–Kier alpha value is -2.22. The van der Waals surface area contributed by atoms with Crippen molar-refractivity contribution in [3.8, 4) is 5.69 Å². The highest BCUT2D eigenvalue weighted by Gasteiger charge is 2.34. The summed E-state index contributed by atoms with van der Waals surface area (Å²) in [7, 11) is 0. The highest BCUT2D eigenvalue weighted by molar-refractivity contribution is 9.10. The molecular weight excluding hydrogens is 364 g/mol. The van der Waals surface area contributed by atoms with Crippen molar-refractivity contribution in [1.29, 1.82) is 0 Å². The molecule has 1 aromatic carbocycles. The Balaban J connectivity index is 2.32. The zero-order chi connectivity index (χ0) is 17.2. The van der Waals surface area contributed by atoms with Gasteiger partial charge in [-0.3, -0.25) is 4.79 Å². The molecule has 0 radical (unpaired) electrons. The van der Waals surface area contributed by atoms with Crippen LogP contribution in [0.3, 0.4) is 0 Å². The van der Waals surface area contributed by atoms with Crippen LogP contribution in [0.15, 0.2) is 28.7 Å². The lowest BCUT2D eigenvalue weighted by Gasteiger charge is -2.24. The molecule has 1 aromatic heterocycles. The van der Waals surface area contributed by atoms with Crippen molar-refractivity contribution in [2.45, 2.75) is 32.7 Å². The van der Waals surface area contributed by atoms with Crippen molar-refractivity contribution in [1.82, 2.24) is 20.3 Å². The van der Waals surface area contributed by atoms with Gasteiger partial charge in [-0.05, 0) is 38.5 Å². The topological polar surface area (TPSA) is 97.1 Å². The molecule has 0 aliphatic carbocycles. The van der Waals surface area contributed by atoms with E-state index in [1.165, 1.54) is 11.6 Å². The van der Waals surface area contributed by atoms with Gasteiger partial charge >= 0.3 is 5.97 Å². The molecule has 0 aliphatic rings. The molecule has 1 atom stereocenters. The number of rotatable bonds is 5. The van der Waals surface area contributed by atoms with Gasteiger partial charge in [-0.15, -0.1) is 5.10 Å². The van der Waals surface area contributed by atoms with Crippen LogP contribution in [0.25, 0.3) is 5.69 Å². The van der Waals surface area contributed by atoms with E-state index in [4.69, 9.17) is 0 Å². The third-order valence-electron chi connectivity index (χ3n) is 3.73. The zero-order valence-corrected chi connectivity index (χ0v) is 14.6. The maximum absolute atomic E-state index is 12.4. The van der Waals surface area contributed by atoms with E-state index < -0.39 is 17.4 Å². The number of halogens is 1. The fourth-order valence-corrected chi connectivity index (χ4v) is 2.38. The Bertz CT molecular complexity index is 759. The summed E-state index contributed by atoms with van der Waals surface area (Å²) >= 11 is 3.38. The molecule has 1 amide bonds. The van der Waals surface area contributed by atoms with Gasteiger partial charge in [-0.2, -0.15) is 0 Å². The van der Waals surface area contributed by atoms with Crippen LogP contribution in [0.5, 0.6) is 0 Å². The lowest BCUT2D eigenvalue weighted by Crippen LogP contribution is -2.51. The standard InChI is InChI=1S/C15H17BrN4O3/c1-4-15(3,14(22)23)17-13(21)12-9(2)20(19-18-12)11-7-5-6-10(16)8-11/h5-8H,4H2,1-3H3,(H,17,21)(H,22,23). The van der Waals surface area contributed by atoms with Crippen LogP contribution < -0.4 is 5.32 Å². The van der Waals surface area contributed by atoms with Crippen molar-refractivity contribution in [3.05, 3.63) is 40.1 Å². The number of hydrogen-bond donors (Lipinski definition) is 2. The second-order valence-electron chi connectivity index (χ2n) is 5.36. The van der Waals surface area contributed by atoms with Gasteiger partial charge in [0.25, 0.3) is 5.91 Å². The van der Waals surface area contributed by atoms with Crippen molar-refractivity contribution in [3.63, 3.8) is 0 Å². The van der Waals surface area contributed by atoms with Crippen molar-refractivity contribution in [2.24, 2.45) is 0 Å². The fraction of sp³-hybridized carbons (Fsp3) is 0.333. The van der Waals surface area contributed by atoms with Gasteiger partial charge in [0.15, 0.2) is 5.69 Å². The molecule has 0 bridgehead atoms. The zero-order valence-electron chi connectivity index (χ0n) is 13.0. The summed E-state index contributed by atoms with van der Waals surface area (Å²) in [4.78, 5) is 23.7. The monoisotopic (exact) mass is 380 g/mol. The largest absolute Gasteiger partial charge is 0.480 e. The molecule has 2 N–H and O–H groups in total. The Labute approximate surface area is 141 Å². The quantitative estimate of drug-likeness (QED) is 0.829. The van der Waals surface area contributed by atoms with Crippen LogP contribution in [0.1, 0.15) is 36.5 Å². The minimum atomic E-state index is -1.34. The number of nitrogens with one attached hydrogen (secondary N) is 1. The molecular formula is C15H17BrN4O3. The van der Waals surface area contributed by atoms with E-state index in [0.717, 1.165) is 10.2 Å². The minimum absolute atomic E-state index is 0.103. The molecule has 0 fully saturated rings. The molecule has 1 heterocycles. The van der Waals surface area contributed by atoms with E-state index in [1.807, 2.05) is 24.3 Å². The van der Waals surface area contributed by atoms with E-state index >= 15 is 0 Å². The normalized spacial score (nSPS) is 13.4. The molecule has 8 heteroatoms. The average molecular weight is 381 g/mol. The van der Waals surface area contributed by atoms with E-state index in [1.54, 1.807) is 13.8 Å². The highest BCUT2D eigenvalue weighted by Crippen LogP contribution is 2.18. The first-order valence-corrected chi connectivity index (χ1v) is 7.82. The number of carboxylic acids is 1. The van der Waals surface area contributed by atoms with E-state index in [0.29, 0.717) is 5.69 Å². The number of aromatic nitrogens is 3. The molecule has 0 saturated carbocycles. The third-order valence-corrected chi connectivity index (χ3v) is 4.22. The Morgan fingerprint density at radius 2 is 2.13 bits per heavy atom. The number of carbonyl (C=O) groups excluding carboxylic acids is 1. The van der Waals surface area contributed by atoms with Crippen LogP contribution in [0.2, 0.25) is 0 Å². The first-order valence-electron chi connectivity index (χ1n) is 7.02. The SMILES string of the molecule is CCC(C)(NC(=O)c1nnn(-c2cccc(Br)c2)c1C)C(=O)O. The summed E-state index contributed by atoms with van der Waals surface area (Å²) in [6.45, 7) is 4.86. The Morgan fingerprint density at radius 1 is 1.43 bits per heavy atom. The highest BCUT2D eigenvalue weighted by atomic mass is 79.9. The second-order valence-corrected chi connectivity index (χ2v) is 6.28. The molecule has 122 valence electrons. The van der Waals surface area contributed by atoms with E-state index in [-0.39, 0.29) is 12.1 Å². The summed E-state index contributed by atoms with van der Waals surface area (Å²) in [5.41, 5.74) is 0.0403. The lowest BCUT2D eigenvalue weighted by molar-refractivity contribution is -0.143. The molecule has 23 heavy (non-hydrogen) atoms. The molecule has 0 saturated heterocycles. The maximum atomic E-state index is 12.4. The van der Waals surface area contributed by atoms with Crippen LogP contribution in [-0.2, 0) is 4.79 Å². The van der Waals surface area contributed by atoms with Crippen LogP contribution in [0, 0.1) is 6.92 Å². The Kier molecular flexibility index (Phi) is 4.84. The molecule has 2 aromatic rings. The molecule has 1 unspecified atom stereocenters. The van der Waals surface area contributed by atoms with Crippen LogP contribution in [0.4, 0.5) is 0 Å². The number of nitrogens with zero attached hydrogens (tertiary/aromatic N) is 3. The number of amides is 1. The molecule has 7 nitrogen and oxygen atoms in total. The third kappa shape index (κ3) is 3.42. The van der Waals surface area contributed by atoms with E-state index in [2.05, 4.69) is 31.6 Å². The van der Waals surface area contributed by atoms with Gasteiger partial charge in [-0.25, -0.2) is 9.48 Å². The van der Waals surface area contributed by atoms with Gasteiger partial charge in [0.1, 0.15) is 5.54 Å². The summed E-state index contributed by atoms with van der Waals surface area (Å²) in [5, 5.41) is 19.6. The van der Waals surface area contributed by atoms with Crippen LogP contribution >= 0.6 is 15.9 Å². The minimum Gasteiger partial charge on any atom is -0.480 e. The summed E-state index contributed by atoms with van der Waals surface area (Å²) in [6, 6.07) is 7.40. The summed E-state index contributed by atoms with van der Waals surface area (Å²) in [6.07, 6.45) is 0.257. The van der Waals surface area contributed by atoms with Crippen molar-refractivity contribution < 1.29 is 14.7 Å². The van der Waals surface area contributed by atoms with Gasteiger partial charge < -0.3 is 10.4 Å². The van der Waals surface area contributed by atoms with Gasteiger partial charge in [-0.1, -0.05) is 34.1 Å². The Morgan fingerprint density at radius 3 is 2.70 bits per heavy atom. The lowest BCUT2D eigenvalue weighted by atomic mass is 9.99. The summed E-state index contributed by atoms with van der Waals surface area (Å²) < 4.78 is 2.41. The molecule has 2 rings (SSSR count). The number of carboxylic acid groups (broad SMARTS) is 1. The van der Waals surface area contributed by atoms with Gasteiger partial charge in [0, 0.05) is 4.47 Å². The second kappa shape index (κ2) is 6.49. The van der Waals surface area contributed by atoms with Gasteiger partial charge in [0.05, 0.1) is 11.4 Å². The molecule has 0 aliphatic heterocycles.